The lowest BCUT2D eigenvalue weighted by molar-refractivity contribution is 0.264. The van der Waals surface area contributed by atoms with Crippen LogP contribution in [0.4, 0.5) is 5.69 Å². The summed E-state index contributed by atoms with van der Waals surface area (Å²) in [6.45, 7) is 2.23. The Bertz CT molecular complexity index is 380. The van der Waals surface area contributed by atoms with Gasteiger partial charge in [-0.05, 0) is 45.1 Å². The van der Waals surface area contributed by atoms with Crippen LogP contribution < -0.4 is 5.32 Å². The summed E-state index contributed by atoms with van der Waals surface area (Å²) in [6, 6.07) is 4.19. The third kappa shape index (κ3) is 3.50. The van der Waals surface area contributed by atoms with Crippen molar-refractivity contribution in [3.8, 4) is 0 Å². The molecule has 2 rings (SSSR count). The number of likely N-dealkylation sites (tertiary alicyclic amines) is 1. The van der Waals surface area contributed by atoms with E-state index in [0.717, 1.165) is 36.1 Å². The van der Waals surface area contributed by atoms with Gasteiger partial charge in [0.2, 0.25) is 0 Å². The van der Waals surface area contributed by atoms with E-state index >= 15 is 0 Å². The van der Waals surface area contributed by atoms with Crippen LogP contribution in [-0.4, -0.2) is 31.1 Å². The fourth-order valence-corrected chi connectivity index (χ4v) is 3.35. The van der Waals surface area contributed by atoms with E-state index in [2.05, 4.69) is 33.2 Å². The first kappa shape index (κ1) is 13.5. The van der Waals surface area contributed by atoms with Gasteiger partial charge in [0, 0.05) is 10.5 Å². The van der Waals surface area contributed by atoms with Crippen molar-refractivity contribution < 1.29 is 0 Å². The Hall–Kier alpha value is 0.0400. The van der Waals surface area contributed by atoms with Gasteiger partial charge >= 0.3 is 0 Å². The van der Waals surface area contributed by atoms with Crippen molar-refractivity contribution in [3.63, 3.8) is 0 Å². The standard InChI is InChI=1S/C12H15BrCl2N2/c1-17-4-2-9(3-5-17)16-12-10(14)6-8(13)7-11(12)15/h6-7,9,16H,2-5H2,1H3. The lowest BCUT2D eigenvalue weighted by Gasteiger charge is -2.30. The Balaban J connectivity index is 2.08. The molecule has 2 nitrogen and oxygen atoms in total. The lowest BCUT2D eigenvalue weighted by atomic mass is 10.1. The fraction of sp³-hybridized carbons (Fsp3) is 0.500. The Labute approximate surface area is 120 Å². The van der Waals surface area contributed by atoms with E-state index in [1.807, 2.05) is 12.1 Å². The van der Waals surface area contributed by atoms with Crippen LogP contribution in [0.2, 0.25) is 10.0 Å². The van der Waals surface area contributed by atoms with Gasteiger partial charge in [-0.3, -0.25) is 0 Å². The van der Waals surface area contributed by atoms with E-state index in [-0.39, 0.29) is 0 Å². The zero-order valence-electron chi connectivity index (χ0n) is 9.64. The molecule has 1 aromatic carbocycles. The van der Waals surface area contributed by atoms with Crippen molar-refractivity contribution in [1.29, 1.82) is 0 Å². The number of nitrogens with zero attached hydrogens (tertiary/aromatic N) is 1. The molecule has 1 fully saturated rings. The molecule has 0 spiro atoms. The Kier molecular flexibility index (Phi) is 4.59. The number of nitrogens with one attached hydrogen (secondary N) is 1. The monoisotopic (exact) mass is 336 g/mol. The molecule has 1 N–H and O–H groups in total. The topological polar surface area (TPSA) is 15.3 Å². The van der Waals surface area contributed by atoms with Gasteiger partial charge in [-0.1, -0.05) is 39.1 Å². The highest BCUT2D eigenvalue weighted by Crippen LogP contribution is 2.35. The SMILES string of the molecule is CN1CCC(Nc2c(Cl)cc(Br)cc2Cl)CC1. The second-order valence-corrected chi connectivity index (χ2v) is 6.20. The van der Waals surface area contributed by atoms with Crippen LogP contribution in [0.1, 0.15) is 12.8 Å². The summed E-state index contributed by atoms with van der Waals surface area (Å²) in [4.78, 5) is 2.34. The van der Waals surface area contributed by atoms with E-state index in [4.69, 9.17) is 23.2 Å². The first-order chi connectivity index (χ1) is 8.06. The summed E-state index contributed by atoms with van der Waals surface area (Å²) in [7, 11) is 2.15. The molecule has 0 aliphatic carbocycles. The second-order valence-electron chi connectivity index (χ2n) is 4.47. The number of halogens is 3. The second kappa shape index (κ2) is 5.79. The molecule has 0 unspecified atom stereocenters. The van der Waals surface area contributed by atoms with Crippen LogP contribution in [-0.2, 0) is 0 Å². The van der Waals surface area contributed by atoms with Crippen LogP contribution in [0.5, 0.6) is 0 Å². The third-order valence-corrected chi connectivity index (χ3v) is 4.13. The summed E-state index contributed by atoms with van der Waals surface area (Å²) in [5.41, 5.74) is 0.853. The molecule has 0 saturated carbocycles. The van der Waals surface area contributed by atoms with E-state index in [0.29, 0.717) is 16.1 Å². The largest absolute Gasteiger partial charge is 0.380 e. The van der Waals surface area contributed by atoms with Crippen LogP contribution in [0.3, 0.4) is 0 Å². The van der Waals surface area contributed by atoms with E-state index in [1.165, 1.54) is 0 Å². The van der Waals surface area contributed by atoms with Crippen LogP contribution in [0.25, 0.3) is 0 Å². The molecule has 0 bridgehead atoms. The third-order valence-electron chi connectivity index (χ3n) is 3.07. The van der Waals surface area contributed by atoms with E-state index in [9.17, 15) is 0 Å². The van der Waals surface area contributed by atoms with Gasteiger partial charge < -0.3 is 10.2 Å². The molecule has 0 aromatic heterocycles. The van der Waals surface area contributed by atoms with Crippen LogP contribution in [0.15, 0.2) is 16.6 Å². The van der Waals surface area contributed by atoms with Crippen LogP contribution >= 0.6 is 39.1 Å². The van der Waals surface area contributed by atoms with Gasteiger partial charge in [-0.25, -0.2) is 0 Å². The molecule has 1 aliphatic rings. The molecule has 1 aromatic rings. The van der Waals surface area contributed by atoms with Crippen molar-refractivity contribution in [2.45, 2.75) is 18.9 Å². The van der Waals surface area contributed by atoms with Crippen molar-refractivity contribution in [2.24, 2.45) is 0 Å². The predicted octanol–water partition coefficient (Wildman–Crippen LogP) is 4.26. The molecular weight excluding hydrogens is 323 g/mol. The normalized spacial score (nSPS) is 18.4. The van der Waals surface area contributed by atoms with E-state index < -0.39 is 0 Å². The molecule has 94 valence electrons. The summed E-state index contributed by atoms with van der Waals surface area (Å²) in [5.74, 6) is 0. The maximum absolute atomic E-state index is 6.20. The molecule has 0 radical (unpaired) electrons. The molecule has 17 heavy (non-hydrogen) atoms. The predicted molar refractivity (Wildman–Crippen MR) is 78.3 cm³/mol. The van der Waals surface area contributed by atoms with Crippen molar-refractivity contribution in [1.82, 2.24) is 4.90 Å². The minimum atomic E-state index is 0.461. The van der Waals surface area contributed by atoms with Crippen molar-refractivity contribution >= 4 is 44.8 Å². The molecule has 5 heteroatoms. The maximum atomic E-state index is 6.20. The van der Waals surface area contributed by atoms with Gasteiger partial charge in [-0.15, -0.1) is 0 Å². The summed E-state index contributed by atoms with van der Waals surface area (Å²) in [6.07, 6.45) is 2.25. The number of hydrogen-bond acceptors (Lipinski definition) is 2. The average Bonchev–Trinajstić information content (AvgIpc) is 2.26. The van der Waals surface area contributed by atoms with E-state index in [1.54, 1.807) is 0 Å². The van der Waals surface area contributed by atoms with Gasteiger partial charge in [0.25, 0.3) is 0 Å². The minimum absolute atomic E-state index is 0.461. The summed E-state index contributed by atoms with van der Waals surface area (Å²) in [5, 5.41) is 4.79. The number of benzene rings is 1. The Morgan fingerprint density at radius 1 is 1.24 bits per heavy atom. The first-order valence-electron chi connectivity index (χ1n) is 5.66. The highest BCUT2D eigenvalue weighted by molar-refractivity contribution is 9.10. The molecule has 1 saturated heterocycles. The van der Waals surface area contributed by atoms with Gasteiger partial charge in [0.15, 0.2) is 0 Å². The van der Waals surface area contributed by atoms with Crippen molar-refractivity contribution in [2.75, 3.05) is 25.5 Å². The smallest absolute Gasteiger partial charge is 0.0721 e. The highest BCUT2D eigenvalue weighted by atomic mass is 79.9. The fourth-order valence-electron chi connectivity index (χ4n) is 2.04. The Morgan fingerprint density at radius 3 is 2.29 bits per heavy atom. The first-order valence-corrected chi connectivity index (χ1v) is 7.21. The number of hydrogen-bond donors (Lipinski definition) is 1. The molecular formula is C12H15BrCl2N2. The molecule has 1 heterocycles. The summed E-state index contributed by atoms with van der Waals surface area (Å²) >= 11 is 15.8. The number of anilines is 1. The zero-order chi connectivity index (χ0) is 12.4. The molecule has 0 atom stereocenters. The molecule has 0 amide bonds. The van der Waals surface area contributed by atoms with Gasteiger partial charge in [0.1, 0.15) is 0 Å². The van der Waals surface area contributed by atoms with Gasteiger partial charge in [-0.2, -0.15) is 0 Å². The van der Waals surface area contributed by atoms with Crippen LogP contribution in [0, 0.1) is 0 Å². The molecule has 1 aliphatic heterocycles. The zero-order valence-corrected chi connectivity index (χ0v) is 12.7. The average molecular weight is 338 g/mol. The van der Waals surface area contributed by atoms with Crippen molar-refractivity contribution in [3.05, 3.63) is 26.7 Å². The number of rotatable bonds is 2. The Morgan fingerprint density at radius 2 is 1.76 bits per heavy atom. The maximum Gasteiger partial charge on any atom is 0.0721 e. The minimum Gasteiger partial charge on any atom is -0.380 e. The quantitative estimate of drug-likeness (QED) is 0.867. The van der Waals surface area contributed by atoms with Gasteiger partial charge in [0.05, 0.1) is 15.7 Å². The number of piperidine rings is 1. The highest BCUT2D eigenvalue weighted by Gasteiger charge is 2.18. The summed E-state index contributed by atoms with van der Waals surface area (Å²) < 4.78 is 0.904. The lowest BCUT2D eigenvalue weighted by Crippen LogP contribution is -2.36.